The molecular weight excluding hydrogens is 406 g/mol. The number of ether oxygens (including phenoxy) is 2. The Kier molecular flexibility index (Phi) is 15.1. The first-order chi connectivity index (χ1) is 15.7. The Morgan fingerprint density at radius 2 is 1.38 bits per heavy atom. The van der Waals surface area contributed by atoms with E-state index in [9.17, 15) is 15.3 Å². The van der Waals surface area contributed by atoms with Crippen molar-refractivity contribution in [1.29, 1.82) is 0 Å². The number of nitrogens with zero attached hydrogens (tertiary/aromatic N) is 1. The Balaban J connectivity index is 1.41. The van der Waals surface area contributed by atoms with Crippen molar-refractivity contribution < 1.29 is 24.8 Å². The molecular formula is C26H51NO5. The lowest BCUT2D eigenvalue weighted by Crippen LogP contribution is -2.43. The number of rotatable bonds is 19. The van der Waals surface area contributed by atoms with Crippen LogP contribution in [-0.2, 0) is 9.47 Å². The van der Waals surface area contributed by atoms with Gasteiger partial charge in [0.15, 0.2) is 6.29 Å². The third kappa shape index (κ3) is 10.4. The molecule has 5 atom stereocenters. The Morgan fingerprint density at radius 3 is 1.94 bits per heavy atom. The molecule has 0 aromatic heterocycles. The van der Waals surface area contributed by atoms with Crippen molar-refractivity contribution in [3.8, 4) is 0 Å². The van der Waals surface area contributed by atoms with Crippen LogP contribution < -0.4 is 0 Å². The Morgan fingerprint density at radius 1 is 0.812 bits per heavy atom. The van der Waals surface area contributed by atoms with Crippen molar-refractivity contribution in [3.05, 3.63) is 0 Å². The summed E-state index contributed by atoms with van der Waals surface area (Å²) in [6, 6.07) is 0.137. The zero-order chi connectivity index (χ0) is 23.0. The number of unbranched alkanes of at least 4 members (excludes halogenated alkanes) is 13. The smallest absolute Gasteiger partial charge is 0.186 e. The zero-order valence-corrected chi connectivity index (χ0v) is 20.6. The molecule has 0 bridgehead atoms. The van der Waals surface area contributed by atoms with Gasteiger partial charge in [0.1, 0.15) is 18.3 Å². The average Bonchev–Trinajstić information content (AvgIpc) is 3.36. The summed E-state index contributed by atoms with van der Waals surface area (Å²) in [7, 11) is 0. The van der Waals surface area contributed by atoms with Crippen molar-refractivity contribution in [2.24, 2.45) is 0 Å². The topological polar surface area (TPSA) is 82.4 Å². The summed E-state index contributed by atoms with van der Waals surface area (Å²) in [5, 5.41) is 30.1. The molecule has 2 saturated heterocycles. The molecule has 2 aliphatic heterocycles. The van der Waals surface area contributed by atoms with Gasteiger partial charge in [0, 0.05) is 19.2 Å². The first-order valence-electron chi connectivity index (χ1n) is 13.7. The van der Waals surface area contributed by atoms with Crippen LogP contribution in [-0.4, -0.2) is 77.2 Å². The minimum Gasteiger partial charge on any atom is -0.395 e. The molecule has 3 N–H and O–H groups in total. The van der Waals surface area contributed by atoms with Crippen LogP contribution in [0.1, 0.15) is 110 Å². The van der Waals surface area contributed by atoms with Gasteiger partial charge in [-0.1, -0.05) is 90.4 Å². The molecule has 0 aliphatic carbocycles. The van der Waals surface area contributed by atoms with Gasteiger partial charge in [0.2, 0.25) is 0 Å². The van der Waals surface area contributed by atoms with Gasteiger partial charge in [-0.25, -0.2) is 0 Å². The van der Waals surface area contributed by atoms with Crippen molar-refractivity contribution in [3.63, 3.8) is 0 Å². The molecule has 0 amide bonds. The van der Waals surface area contributed by atoms with Crippen LogP contribution in [0.5, 0.6) is 0 Å². The second-order valence-electron chi connectivity index (χ2n) is 9.96. The van der Waals surface area contributed by atoms with Gasteiger partial charge in [0.25, 0.3) is 0 Å². The molecule has 190 valence electrons. The summed E-state index contributed by atoms with van der Waals surface area (Å²) in [6.07, 6.45) is 17.4. The maximum Gasteiger partial charge on any atom is 0.186 e. The van der Waals surface area contributed by atoms with Crippen LogP contribution in [0.15, 0.2) is 0 Å². The molecule has 0 saturated carbocycles. The third-order valence-electron chi connectivity index (χ3n) is 7.22. The van der Waals surface area contributed by atoms with E-state index in [-0.39, 0.29) is 12.6 Å². The molecule has 2 fully saturated rings. The second kappa shape index (κ2) is 17.2. The van der Waals surface area contributed by atoms with Crippen molar-refractivity contribution in [1.82, 2.24) is 4.90 Å². The number of hydrogen-bond donors (Lipinski definition) is 3. The van der Waals surface area contributed by atoms with Gasteiger partial charge in [0.05, 0.1) is 6.61 Å². The van der Waals surface area contributed by atoms with Gasteiger partial charge in [-0.3, -0.25) is 4.90 Å². The highest BCUT2D eigenvalue weighted by atomic mass is 16.7. The van der Waals surface area contributed by atoms with Gasteiger partial charge < -0.3 is 24.8 Å². The van der Waals surface area contributed by atoms with Crippen LogP contribution in [0.4, 0.5) is 0 Å². The molecule has 2 heterocycles. The van der Waals surface area contributed by atoms with E-state index in [1.54, 1.807) is 0 Å². The van der Waals surface area contributed by atoms with E-state index in [0.717, 1.165) is 32.2 Å². The van der Waals surface area contributed by atoms with E-state index in [1.807, 2.05) is 0 Å². The van der Waals surface area contributed by atoms with Crippen molar-refractivity contribution in [2.75, 3.05) is 26.3 Å². The second-order valence-corrected chi connectivity index (χ2v) is 9.96. The highest BCUT2D eigenvalue weighted by molar-refractivity contribution is 4.91. The molecule has 6 heteroatoms. The SMILES string of the molecule is CCCCCCCCCCCCCCCCO[C@H]1O[C@H](CN2CCC[C@H]2CO)[C@@H](O)[C@@H]1O. The van der Waals surface area contributed by atoms with Crippen molar-refractivity contribution >= 4 is 0 Å². The first-order valence-corrected chi connectivity index (χ1v) is 13.7. The van der Waals surface area contributed by atoms with Crippen molar-refractivity contribution in [2.45, 2.75) is 140 Å². The summed E-state index contributed by atoms with van der Waals surface area (Å²) in [6.45, 7) is 4.39. The van der Waals surface area contributed by atoms with Crippen LogP contribution in [0.25, 0.3) is 0 Å². The van der Waals surface area contributed by atoms with Gasteiger partial charge in [-0.15, -0.1) is 0 Å². The fourth-order valence-electron chi connectivity index (χ4n) is 5.07. The predicted octanol–water partition coefficient (Wildman–Crippen LogP) is 4.39. The normalized spacial score (nSPS) is 28.7. The number of hydrogen-bond acceptors (Lipinski definition) is 6. The maximum atomic E-state index is 10.3. The van der Waals surface area contributed by atoms with Crippen LogP contribution >= 0.6 is 0 Å². The van der Waals surface area contributed by atoms with E-state index < -0.39 is 24.6 Å². The number of likely N-dealkylation sites (tertiary alicyclic amines) is 1. The lowest BCUT2D eigenvalue weighted by molar-refractivity contribution is -0.168. The summed E-state index contributed by atoms with van der Waals surface area (Å²) in [5.74, 6) is 0. The highest BCUT2D eigenvalue weighted by Gasteiger charge is 2.44. The summed E-state index contributed by atoms with van der Waals surface area (Å²) in [5.41, 5.74) is 0. The van der Waals surface area contributed by atoms with Gasteiger partial charge >= 0.3 is 0 Å². The first kappa shape index (κ1) is 28.0. The zero-order valence-electron chi connectivity index (χ0n) is 20.6. The average molecular weight is 458 g/mol. The predicted molar refractivity (Wildman–Crippen MR) is 129 cm³/mol. The van der Waals surface area contributed by atoms with E-state index in [0.29, 0.717) is 13.2 Å². The minimum atomic E-state index is -0.998. The number of aliphatic hydroxyl groups is 3. The third-order valence-corrected chi connectivity index (χ3v) is 7.22. The minimum absolute atomic E-state index is 0.129. The number of aliphatic hydroxyl groups excluding tert-OH is 3. The molecule has 0 aromatic carbocycles. The Bertz CT molecular complexity index is 452. The molecule has 2 aliphatic rings. The molecule has 0 aromatic rings. The highest BCUT2D eigenvalue weighted by Crippen LogP contribution is 2.26. The molecule has 32 heavy (non-hydrogen) atoms. The van der Waals surface area contributed by atoms with Crippen LogP contribution in [0.2, 0.25) is 0 Å². The summed E-state index contributed by atoms with van der Waals surface area (Å²) in [4.78, 5) is 2.15. The van der Waals surface area contributed by atoms with Crippen LogP contribution in [0.3, 0.4) is 0 Å². The lowest BCUT2D eigenvalue weighted by atomic mass is 10.0. The maximum absolute atomic E-state index is 10.3. The monoisotopic (exact) mass is 457 g/mol. The van der Waals surface area contributed by atoms with Crippen LogP contribution in [0, 0.1) is 0 Å². The molecule has 2 rings (SSSR count). The van der Waals surface area contributed by atoms with Gasteiger partial charge in [-0.2, -0.15) is 0 Å². The quantitative estimate of drug-likeness (QED) is 0.250. The molecule has 0 radical (unpaired) electrons. The summed E-state index contributed by atoms with van der Waals surface area (Å²) >= 11 is 0. The standard InChI is InChI=1S/C26H51NO5/c1-2-3-4-5-6-7-8-9-10-11-12-13-14-15-19-31-26-25(30)24(29)23(32-26)20-27-18-16-17-22(27)21-28/h22-26,28-30H,2-21H2,1H3/t22-,23+,24+,25-,26-/m0/s1. The van der Waals surface area contributed by atoms with E-state index in [4.69, 9.17) is 9.47 Å². The van der Waals surface area contributed by atoms with E-state index >= 15 is 0 Å². The Hall–Kier alpha value is -0.240. The van der Waals surface area contributed by atoms with E-state index in [2.05, 4.69) is 11.8 Å². The summed E-state index contributed by atoms with van der Waals surface area (Å²) < 4.78 is 11.6. The molecule has 0 unspecified atom stereocenters. The Labute approximate surface area is 196 Å². The van der Waals surface area contributed by atoms with Gasteiger partial charge in [-0.05, 0) is 25.8 Å². The molecule has 0 spiro atoms. The fourth-order valence-corrected chi connectivity index (χ4v) is 5.07. The fraction of sp³-hybridized carbons (Fsp3) is 1.00. The van der Waals surface area contributed by atoms with E-state index in [1.165, 1.54) is 77.0 Å². The largest absolute Gasteiger partial charge is 0.395 e. The molecule has 6 nitrogen and oxygen atoms in total. The lowest BCUT2D eigenvalue weighted by Gasteiger charge is -2.26.